The molecule has 0 fully saturated rings. The highest BCUT2D eigenvalue weighted by Crippen LogP contribution is 2.39. The molecule has 1 aromatic heterocycles. The second kappa shape index (κ2) is 11.8. The second-order valence-electron chi connectivity index (χ2n) is 12.3. The van der Waals surface area contributed by atoms with Gasteiger partial charge in [-0.1, -0.05) is 121 Å². The second-order valence-corrected chi connectivity index (χ2v) is 12.3. The maximum Gasteiger partial charge on any atom is 0.0547 e. The lowest BCUT2D eigenvalue weighted by molar-refractivity contribution is 1.18. The van der Waals surface area contributed by atoms with E-state index in [2.05, 4.69) is 204 Å². The molecule has 0 aliphatic rings. The summed E-state index contributed by atoms with van der Waals surface area (Å²) in [5.74, 6) is 0. The molecule has 9 rings (SSSR count). The quantitative estimate of drug-likeness (QED) is 0.181. The van der Waals surface area contributed by atoms with Gasteiger partial charge in [-0.05, 0) is 106 Å². The van der Waals surface area contributed by atoms with Gasteiger partial charge in [0.2, 0.25) is 0 Å². The molecule has 8 aromatic carbocycles. The standard InChI is InChI=1S/C46H32N2/c1-4-12-33(13-5-1)34-20-25-41(26-21-34)47(39-16-6-2-7-17-39)42-27-22-35(23-28-42)38-24-29-45-43(31-38)44-30-36-14-10-11-15-37(36)32-46(44)48(45)40-18-8-3-9-19-40/h1-32H. The monoisotopic (exact) mass is 612 g/mol. The largest absolute Gasteiger partial charge is 0.311 e. The first-order valence-corrected chi connectivity index (χ1v) is 16.4. The fourth-order valence-electron chi connectivity index (χ4n) is 7.00. The molecule has 0 atom stereocenters. The lowest BCUT2D eigenvalue weighted by atomic mass is 10.0. The summed E-state index contributed by atoms with van der Waals surface area (Å²) in [6.07, 6.45) is 0. The molecule has 2 heteroatoms. The first-order valence-electron chi connectivity index (χ1n) is 16.4. The maximum absolute atomic E-state index is 2.39. The first kappa shape index (κ1) is 27.9. The minimum Gasteiger partial charge on any atom is -0.311 e. The molecule has 9 aromatic rings. The molecule has 0 saturated carbocycles. The van der Waals surface area contributed by atoms with Crippen molar-refractivity contribution in [2.75, 3.05) is 4.90 Å². The number of anilines is 3. The summed E-state index contributed by atoms with van der Waals surface area (Å²) in [5.41, 5.74) is 11.8. The van der Waals surface area contributed by atoms with Gasteiger partial charge in [-0.15, -0.1) is 0 Å². The van der Waals surface area contributed by atoms with Gasteiger partial charge in [-0.2, -0.15) is 0 Å². The highest BCUT2D eigenvalue weighted by molar-refractivity contribution is 6.14. The number of fused-ring (bicyclic) bond motifs is 4. The molecule has 0 saturated heterocycles. The zero-order chi connectivity index (χ0) is 31.9. The van der Waals surface area contributed by atoms with Gasteiger partial charge >= 0.3 is 0 Å². The SMILES string of the molecule is c1ccc(-c2ccc(N(c3ccccc3)c3ccc(-c4ccc5c(c4)c4cc6ccccc6cc4n5-c4ccccc4)cc3)cc2)cc1. The molecule has 0 amide bonds. The lowest BCUT2D eigenvalue weighted by Crippen LogP contribution is -2.09. The van der Waals surface area contributed by atoms with E-state index in [1.165, 1.54) is 60.5 Å². The molecule has 1 heterocycles. The topological polar surface area (TPSA) is 8.17 Å². The van der Waals surface area contributed by atoms with Crippen molar-refractivity contribution in [2.24, 2.45) is 0 Å². The third-order valence-electron chi connectivity index (χ3n) is 9.35. The molecule has 0 radical (unpaired) electrons. The summed E-state index contributed by atoms with van der Waals surface area (Å²) in [5, 5.41) is 5.02. The Bertz CT molecular complexity index is 2510. The minimum absolute atomic E-state index is 1.12. The van der Waals surface area contributed by atoms with Crippen molar-refractivity contribution in [3.63, 3.8) is 0 Å². The van der Waals surface area contributed by atoms with Gasteiger partial charge in [0.15, 0.2) is 0 Å². The van der Waals surface area contributed by atoms with Crippen LogP contribution in [0.15, 0.2) is 194 Å². The van der Waals surface area contributed by atoms with Gasteiger partial charge < -0.3 is 9.47 Å². The molecule has 0 spiro atoms. The molecular formula is C46H32N2. The average molecular weight is 613 g/mol. The summed E-state index contributed by atoms with van der Waals surface area (Å²) in [7, 11) is 0. The molecule has 0 unspecified atom stereocenters. The van der Waals surface area contributed by atoms with E-state index >= 15 is 0 Å². The van der Waals surface area contributed by atoms with Gasteiger partial charge in [0, 0.05) is 33.5 Å². The van der Waals surface area contributed by atoms with Crippen molar-refractivity contribution in [1.29, 1.82) is 0 Å². The Labute approximate surface area is 280 Å². The Balaban J connectivity index is 1.13. The van der Waals surface area contributed by atoms with Crippen molar-refractivity contribution < 1.29 is 0 Å². The third kappa shape index (κ3) is 4.92. The van der Waals surface area contributed by atoms with E-state index in [0.717, 1.165) is 17.1 Å². The number of para-hydroxylation sites is 2. The van der Waals surface area contributed by atoms with Crippen molar-refractivity contribution in [3.05, 3.63) is 194 Å². The predicted molar refractivity (Wildman–Crippen MR) is 204 cm³/mol. The normalized spacial score (nSPS) is 11.3. The van der Waals surface area contributed by atoms with Crippen LogP contribution in [0.2, 0.25) is 0 Å². The van der Waals surface area contributed by atoms with Crippen molar-refractivity contribution in [2.45, 2.75) is 0 Å². The van der Waals surface area contributed by atoms with E-state index in [0.29, 0.717) is 0 Å². The van der Waals surface area contributed by atoms with Crippen LogP contribution in [0.5, 0.6) is 0 Å². The highest BCUT2D eigenvalue weighted by atomic mass is 15.1. The van der Waals surface area contributed by atoms with Crippen molar-refractivity contribution in [1.82, 2.24) is 4.57 Å². The fourth-order valence-corrected chi connectivity index (χ4v) is 7.00. The van der Waals surface area contributed by atoms with E-state index in [-0.39, 0.29) is 0 Å². The van der Waals surface area contributed by atoms with Crippen LogP contribution in [0.25, 0.3) is 60.5 Å². The molecule has 0 N–H and O–H groups in total. The Morgan fingerprint density at radius 2 is 0.771 bits per heavy atom. The Morgan fingerprint density at radius 3 is 1.42 bits per heavy atom. The predicted octanol–water partition coefficient (Wildman–Crippen LogP) is 12.7. The third-order valence-corrected chi connectivity index (χ3v) is 9.35. The first-order chi connectivity index (χ1) is 23.8. The number of hydrogen-bond acceptors (Lipinski definition) is 1. The van der Waals surface area contributed by atoms with E-state index in [4.69, 9.17) is 0 Å². The smallest absolute Gasteiger partial charge is 0.0547 e. The summed E-state index contributed by atoms with van der Waals surface area (Å²) in [6, 6.07) is 69.8. The van der Waals surface area contributed by atoms with Gasteiger partial charge in [-0.3, -0.25) is 0 Å². The molecular weight excluding hydrogens is 581 g/mol. The zero-order valence-corrected chi connectivity index (χ0v) is 26.4. The van der Waals surface area contributed by atoms with Crippen LogP contribution in [-0.4, -0.2) is 4.57 Å². The summed E-state index contributed by atoms with van der Waals surface area (Å²) in [4.78, 5) is 2.32. The summed E-state index contributed by atoms with van der Waals surface area (Å²) < 4.78 is 2.39. The molecule has 0 aliphatic carbocycles. The van der Waals surface area contributed by atoms with Crippen LogP contribution < -0.4 is 4.90 Å². The number of benzene rings is 8. The van der Waals surface area contributed by atoms with Crippen LogP contribution >= 0.6 is 0 Å². The molecule has 0 bridgehead atoms. The molecule has 226 valence electrons. The fraction of sp³-hybridized carbons (Fsp3) is 0. The van der Waals surface area contributed by atoms with E-state index < -0.39 is 0 Å². The highest BCUT2D eigenvalue weighted by Gasteiger charge is 2.16. The van der Waals surface area contributed by atoms with Crippen molar-refractivity contribution in [3.8, 4) is 27.9 Å². The molecule has 48 heavy (non-hydrogen) atoms. The summed E-state index contributed by atoms with van der Waals surface area (Å²) >= 11 is 0. The number of nitrogens with zero attached hydrogens (tertiary/aromatic N) is 2. The zero-order valence-electron chi connectivity index (χ0n) is 26.4. The Morgan fingerprint density at radius 1 is 0.312 bits per heavy atom. The van der Waals surface area contributed by atoms with Crippen LogP contribution in [0.1, 0.15) is 0 Å². The summed E-state index contributed by atoms with van der Waals surface area (Å²) in [6.45, 7) is 0. The Hall–Kier alpha value is -6.38. The average Bonchev–Trinajstić information content (AvgIpc) is 3.48. The number of hydrogen-bond donors (Lipinski definition) is 0. The van der Waals surface area contributed by atoms with Crippen LogP contribution in [-0.2, 0) is 0 Å². The van der Waals surface area contributed by atoms with Crippen LogP contribution in [0, 0.1) is 0 Å². The minimum atomic E-state index is 1.12. The van der Waals surface area contributed by atoms with Gasteiger partial charge in [0.05, 0.1) is 11.0 Å². The van der Waals surface area contributed by atoms with E-state index in [1.807, 2.05) is 0 Å². The molecule has 2 nitrogen and oxygen atoms in total. The number of rotatable bonds is 6. The number of aromatic nitrogens is 1. The van der Waals surface area contributed by atoms with Gasteiger partial charge in [-0.25, -0.2) is 0 Å². The van der Waals surface area contributed by atoms with Crippen LogP contribution in [0.3, 0.4) is 0 Å². The maximum atomic E-state index is 2.39. The van der Waals surface area contributed by atoms with Crippen molar-refractivity contribution >= 4 is 49.6 Å². The van der Waals surface area contributed by atoms with E-state index in [1.54, 1.807) is 0 Å². The molecule has 0 aliphatic heterocycles. The van der Waals surface area contributed by atoms with Crippen LogP contribution in [0.4, 0.5) is 17.1 Å². The van der Waals surface area contributed by atoms with Gasteiger partial charge in [0.1, 0.15) is 0 Å². The Kier molecular flexibility index (Phi) is 6.84. The van der Waals surface area contributed by atoms with E-state index in [9.17, 15) is 0 Å². The van der Waals surface area contributed by atoms with Gasteiger partial charge in [0.25, 0.3) is 0 Å². The lowest BCUT2D eigenvalue weighted by Gasteiger charge is -2.26.